The van der Waals surface area contributed by atoms with Gasteiger partial charge in [-0.3, -0.25) is 0 Å². The molecule has 1 N–H and O–H groups in total. The van der Waals surface area contributed by atoms with Crippen LogP contribution in [0.4, 0.5) is 0 Å². The molecule has 1 saturated heterocycles. The Balaban J connectivity index is 1.78. The third-order valence-corrected chi connectivity index (χ3v) is 4.55. The third-order valence-electron chi connectivity index (χ3n) is 2.99. The Morgan fingerprint density at radius 1 is 1.39 bits per heavy atom. The van der Waals surface area contributed by atoms with Gasteiger partial charge in [-0.1, -0.05) is 6.07 Å². The van der Waals surface area contributed by atoms with E-state index in [-0.39, 0.29) is 0 Å². The van der Waals surface area contributed by atoms with E-state index in [2.05, 4.69) is 9.71 Å². The molecule has 2 heterocycles. The van der Waals surface area contributed by atoms with Crippen molar-refractivity contribution in [2.45, 2.75) is 6.54 Å². The first-order chi connectivity index (χ1) is 8.56. The van der Waals surface area contributed by atoms with Gasteiger partial charge < -0.3 is 4.57 Å². The zero-order valence-electron chi connectivity index (χ0n) is 10.00. The van der Waals surface area contributed by atoms with E-state index in [1.807, 2.05) is 29.8 Å². The zero-order chi connectivity index (χ0) is 12.8. The van der Waals surface area contributed by atoms with E-state index in [0.717, 1.165) is 16.6 Å². The van der Waals surface area contributed by atoms with Crippen LogP contribution in [0.15, 0.2) is 24.5 Å². The van der Waals surface area contributed by atoms with Gasteiger partial charge in [0.2, 0.25) is 0 Å². The van der Waals surface area contributed by atoms with E-state index in [1.165, 1.54) is 4.31 Å². The fourth-order valence-electron chi connectivity index (χ4n) is 1.84. The highest BCUT2D eigenvalue weighted by molar-refractivity contribution is 7.87. The van der Waals surface area contributed by atoms with Crippen molar-refractivity contribution in [3.05, 3.63) is 30.1 Å². The number of rotatable bonds is 4. The second-order valence-corrected chi connectivity index (χ2v) is 6.16. The molecule has 1 fully saturated rings. The van der Waals surface area contributed by atoms with Gasteiger partial charge in [-0.2, -0.15) is 17.4 Å². The summed E-state index contributed by atoms with van der Waals surface area (Å²) in [4.78, 5) is 4.25. The van der Waals surface area contributed by atoms with Gasteiger partial charge in [-0.15, -0.1) is 0 Å². The molecule has 96 valence electrons. The maximum absolute atomic E-state index is 11.6. The summed E-state index contributed by atoms with van der Waals surface area (Å²) in [6.45, 7) is 1.54. The molecular weight excluding hydrogens is 252 g/mol. The van der Waals surface area contributed by atoms with Crippen LogP contribution < -0.4 is 4.72 Å². The topological polar surface area (TPSA) is 67.0 Å². The Morgan fingerprint density at radius 2 is 2.17 bits per heavy atom. The highest BCUT2D eigenvalue weighted by Crippen LogP contribution is 2.15. The smallest absolute Gasteiger partial charge is 0.279 e. The van der Waals surface area contributed by atoms with E-state index >= 15 is 0 Å². The summed E-state index contributed by atoms with van der Waals surface area (Å²) in [7, 11) is -1.35. The highest BCUT2D eigenvalue weighted by atomic mass is 32.2. The van der Waals surface area contributed by atoms with Gasteiger partial charge in [0.25, 0.3) is 10.2 Å². The Morgan fingerprint density at radius 3 is 2.89 bits per heavy atom. The molecule has 18 heavy (non-hydrogen) atoms. The lowest BCUT2D eigenvalue weighted by Crippen LogP contribution is -2.29. The van der Waals surface area contributed by atoms with Crippen molar-refractivity contribution >= 4 is 21.2 Å². The van der Waals surface area contributed by atoms with Crippen molar-refractivity contribution < 1.29 is 8.42 Å². The minimum Gasteiger partial charge on any atom is -0.334 e. The largest absolute Gasteiger partial charge is 0.334 e. The zero-order valence-corrected chi connectivity index (χ0v) is 10.8. The first-order valence-corrected chi connectivity index (χ1v) is 7.15. The maximum atomic E-state index is 11.6. The number of hydrogen-bond acceptors (Lipinski definition) is 3. The Kier molecular flexibility index (Phi) is 2.61. The van der Waals surface area contributed by atoms with Crippen molar-refractivity contribution in [2.24, 2.45) is 7.05 Å². The first-order valence-electron chi connectivity index (χ1n) is 5.71. The lowest BCUT2D eigenvalue weighted by Gasteiger charge is -2.06. The predicted molar refractivity (Wildman–Crippen MR) is 68.0 cm³/mol. The van der Waals surface area contributed by atoms with E-state index in [4.69, 9.17) is 0 Å². The molecule has 1 aliphatic rings. The van der Waals surface area contributed by atoms with E-state index in [0.29, 0.717) is 19.6 Å². The molecule has 1 aliphatic heterocycles. The summed E-state index contributed by atoms with van der Waals surface area (Å²) in [6.07, 6.45) is 1.74. The molecule has 2 aromatic rings. The van der Waals surface area contributed by atoms with Crippen LogP contribution >= 0.6 is 0 Å². The first kappa shape index (κ1) is 11.6. The van der Waals surface area contributed by atoms with Crippen molar-refractivity contribution in [3.63, 3.8) is 0 Å². The van der Waals surface area contributed by atoms with Crippen molar-refractivity contribution in [3.8, 4) is 0 Å². The van der Waals surface area contributed by atoms with Crippen LogP contribution in [-0.4, -0.2) is 35.4 Å². The van der Waals surface area contributed by atoms with Crippen LogP contribution in [0.2, 0.25) is 0 Å². The van der Waals surface area contributed by atoms with Gasteiger partial charge in [0.15, 0.2) is 0 Å². The molecule has 0 saturated carbocycles. The van der Waals surface area contributed by atoms with Gasteiger partial charge in [-0.05, 0) is 17.7 Å². The number of imidazole rings is 1. The number of nitrogens with zero attached hydrogens (tertiary/aromatic N) is 3. The van der Waals surface area contributed by atoms with E-state index < -0.39 is 10.2 Å². The van der Waals surface area contributed by atoms with Crippen LogP contribution in [0.5, 0.6) is 0 Å². The monoisotopic (exact) mass is 266 g/mol. The predicted octanol–water partition coefficient (Wildman–Crippen LogP) is 0.223. The number of hydrogen-bond donors (Lipinski definition) is 1. The van der Waals surface area contributed by atoms with E-state index in [9.17, 15) is 8.42 Å². The SMILES string of the molecule is Cn1cnc2cc(CNS(=O)(=O)N3CC3)ccc21. The van der Waals surface area contributed by atoms with Crippen molar-refractivity contribution in [1.29, 1.82) is 0 Å². The Hall–Kier alpha value is -1.44. The average Bonchev–Trinajstić information content (AvgIpc) is 3.14. The van der Waals surface area contributed by atoms with Gasteiger partial charge in [-0.25, -0.2) is 4.98 Å². The Labute approximate surface area is 105 Å². The Bertz CT molecular complexity index is 688. The molecule has 0 unspecified atom stereocenters. The molecule has 3 rings (SSSR count). The fourth-order valence-corrected chi connectivity index (χ4v) is 2.93. The minimum atomic E-state index is -3.28. The number of benzene rings is 1. The van der Waals surface area contributed by atoms with Gasteiger partial charge in [0.1, 0.15) is 0 Å². The van der Waals surface area contributed by atoms with Crippen LogP contribution in [0.25, 0.3) is 11.0 Å². The number of fused-ring (bicyclic) bond motifs is 1. The van der Waals surface area contributed by atoms with Crippen molar-refractivity contribution in [2.75, 3.05) is 13.1 Å². The number of aromatic nitrogens is 2. The summed E-state index contributed by atoms with van der Waals surface area (Å²) < 4.78 is 29.2. The van der Waals surface area contributed by atoms with Crippen molar-refractivity contribution in [1.82, 2.24) is 18.6 Å². The van der Waals surface area contributed by atoms with E-state index in [1.54, 1.807) is 6.33 Å². The van der Waals surface area contributed by atoms with Crippen LogP contribution in [-0.2, 0) is 23.8 Å². The molecule has 0 atom stereocenters. The fraction of sp³-hybridized carbons (Fsp3) is 0.364. The molecule has 1 aromatic carbocycles. The molecule has 0 aliphatic carbocycles. The van der Waals surface area contributed by atoms with Gasteiger partial charge in [0, 0.05) is 26.7 Å². The van der Waals surface area contributed by atoms with Crippen LogP contribution in [0, 0.1) is 0 Å². The van der Waals surface area contributed by atoms with Crippen LogP contribution in [0.3, 0.4) is 0 Å². The minimum absolute atomic E-state index is 0.297. The molecule has 0 bridgehead atoms. The summed E-state index contributed by atoms with van der Waals surface area (Å²) in [6, 6.07) is 5.76. The maximum Gasteiger partial charge on any atom is 0.279 e. The molecular formula is C11H14N4O2S. The van der Waals surface area contributed by atoms with Crippen LogP contribution in [0.1, 0.15) is 5.56 Å². The molecule has 1 aromatic heterocycles. The third kappa shape index (κ3) is 2.12. The lowest BCUT2D eigenvalue weighted by molar-refractivity contribution is 0.547. The molecule has 0 radical (unpaired) electrons. The standard InChI is InChI=1S/C11H14N4O2S/c1-14-8-12-10-6-9(2-3-11(10)14)7-13-18(16,17)15-4-5-15/h2-3,6,8,13H,4-5,7H2,1H3. The second-order valence-electron chi connectivity index (χ2n) is 4.40. The molecule has 6 nitrogen and oxygen atoms in total. The van der Waals surface area contributed by atoms with Gasteiger partial charge >= 0.3 is 0 Å². The summed E-state index contributed by atoms with van der Waals surface area (Å²) in [5.74, 6) is 0. The molecule has 0 spiro atoms. The molecule has 7 heteroatoms. The number of aryl methyl sites for hydroxylation is 1. The summed E-state index contributed by atoms with van der Waals surface area (Å²) in [5, 5.41) is 0. The highest BCUT2D eigenvalue weighted by Gasteiger charge is 2.31. The lowest BCUT2D eigenvalue weighted by atomic mass is 10.2. The summed E-state index contributed by atoms with van der Waals surface area (Å²) in [5.41, 5.74) is 2.82. The average molecular weight is 266 g/mol. The normalized spacial score (nSPS) is 16.3. The van der Waals surface area contributed by atoms with Gasteiger partial charge in [0.05, 0.1) is 17.4 Å². The molecule has 0 amide bonds. The number of nitrogens with one attached hydrogen (secondary N) is 1. The quantitative estimate of drug-likeness (QED) is 0.805. The summed E-state index contributed by atoms with van der Waals surface area (Å²) >= 11 is 0. The second kappa shape index (κ2) is 4.04.